The van der Waals surface area contributed by atoms with Crippen molar-refractivity contribution in [3.05, 3.63) is 0 Å². The molecule has 0 aliphatic carbocycles. The Hall–Kier alpha value is -0.120. The summed E-state index contributed by atoms with van der Waals surface area (Å²) in [6.45, 7) is 8.28. The van der Waals surface area contributed by atoms with Gasteiger partial charge in [-0.3, -0.25) is 9.80 Å². The van der Waals surface area contributed by atoms with Crippen LogP contribution in [0.2, 0.25) is 0 Å². The molecular weight excluding hydrogens is 140 g/mol. The predicted octanol–water partition coefficient (Wildman–Crippen LogP) is 0.574. The highest BCUT2D eigenvalue weighted by Gasteiger charge is 2.15. The van der Waals surface area contributed by atoms with Crippen LogP contribution in [0, 0.1) is 0 Å². The predicted molar refractivity (Wildman–Crippen MR) is 45.3 cm³/mol. The first-order valence-electron chi connectivity index (χ1n) is 4.21. The number of hydrogen-bond donors (Lipinski definition) is 0. The molecule has 0 aromatic rings. The summed E-state index contributed by atoms with van der Waals surface area (Å²) in [7, 11) is 2.13. The summed E-state index contributed by atoms with van der Waals surface area (Å²) >= 11 is 0. The van der Waals surface area contributed by atoms with Gasteiger partial charge in [0.05, 0.1) is 12.8 Å². The molecule has 0 radical (unpaired) electrons. The Balaban J connectivity index is 2.08. The standard InChI is InChI=1S/C8H18N2O/c1-8(2)11-7-10-5-4-9(3)6-10/h8H,4-7H2,1-3H3. The SMILES string of the molecule is CC(C)OCN1CCN(C)C1. The summed E-state index contributed by atoms with van der Waals surface area (Å²) in [5, 5.41) is 0. The fraction of sp³-hybridized carbons (Fsp3) is 1.00. The highest BCUT2D eigenvalue weighted by Crippen LogP contribution is 2.02. The Morgan fingerprint density at radius 1 is 1.36 bits per heavy atom. The lowest BCUT2D eigenvalue weighted by atomic mass is 10.5. The van der Waals surface area contributed by atoms with Crippen LogP contribution < -0.4 is 0 Å². The molecule has 0 aromatic heterocycles. The molecule has 1 aliphatic rings. The quantitative estimate of drug-likeness (QED) is 0.597. The third-order valence-electron chi connectivity index (χ3n) is 1.83. The second kappa shape index (κ2) is 4.04. The summed E-state index contributed by atoms with van der Waals surface area (Å²) in [5.41, 5.74) is 0. The molecule has 11 heavy (non-hydrogen) atoms. The molecule has 3 nitrogen and oxygen atoms in total. The number of hydrogen-bond acceptors (Lipinski definition) is 3. The Labute approximate surface area is 68.9 Å². The molecule has 0 bridgehead atoms. The first-order valence-corrected chi connectivity index (χ1v) is 4.21. The Kier molecular flexibility index (Phi) is 3.30. The van der Waals surface area contributed by atoms with Gasteiger partial charge < -0.3 is 4.74 Å². The monoisotopic (exact) mass is 158 g/mol. The van der Waals surface area contributed by atoms with Crippen molar-refractivity contribution in [3.8, 4) is 0 Å². The van der Waals surface area contributed by atoms with Gasteiger partial charge in [0.2, 0.25) is 0 Å². The van der Waals surface area contributed by atoms with E-state index in [0.717, 1.165) is 19.9 Å². The third kappa shape index (κ3) is 3.18. The molecule has 66 valence electrons. The van der Waals surface area contributed by atoms with Crippen molar-refractivity contribution in [3.63, 3.8) is 0 Å². The second-order valence-electron chi connectivity index (χ2n) is 3.46. The Morgan fingerprint density at radius 3 is 2.55 bits per heavy atom. The van der Waals surface area contributed by atoms with E-state index in [-0.39, 0.29) is 0 Å². The maximum absolute atomic E-state index is 5.47. The topological polar surface area (TPSA) is 15.7 Å². The van der Waals surface area contributed by atoms with Crippen LogP contribution in [0.4, 0.5) is 0 Å². The molecule has 0 saturated carbocycles. The Bertz CT molecular complexity index is 117. The normalized spacial score (nSPS) is 21.8. The molecule has 0 atom stereocenters. The summed E-state index contributed by atoms with van der Waals surface area (Å²) < 4.78 is 5.47. The molecule has 0 amide bonds. The zero-order chi connectivity index (χ0) is 8.27. The summed E-state index contributed by atoms with van der Waals surface area (Å²) in [6.07, 6.45) is 0.348. The zero-order valence-corrected chi connectivity index (χ0v) is 7.71. The molecule has 0 spiro atoms. The Morgan fingerprint density at radius 2 is 2.09 bits per heavy atom. The smallest absolute Gasteiger partial charge is 0.100 e. The van der Waals surface area contributed by atoms with Gasteiger partial charge in [-0.2, -0.15) is 0 Å². The molecule has 1 saturated heterocycles. The van der Waals surface area contributed by atoms with Crippen LogP contribution in [-0.4, -0.2) is 49.4 Å². The number of nitrogens with zero attached hydrogens (tertiary/aromatic N) is 2. The molecule has 1 fully saturated rings. The van der Waals surface area contributed by atoms with Crippen molar-refractivity contribution < 1.29 is 4.74 Å². The minimum absolute atomic E-state index is 0.348. The number of rotatable bonds is 3. The van der Waals surface area contributed by atoms with Crippen molar-refractivity contribution in [1.29, 1.82) is 0 Å². The summed E-state index contributed by atoms with van der Waals surface area (Å²) in [4.78, 5) is 4.60. The third-order valence-corrected chi connectivity index (χ3v) is 1.83. The fourth-order valence-electron chi connectivity index (χ4n) is 1.15. The van der Waals surface area contributed by atoms with Gasteiger partial charge in [-0.25, -0.2) is 0 Å². The van der Waals surface area contributed by atoms with E-state index in [1.165, 1.54) is 6.54 Å². The fourth-order valence-corrected chi connectivity index (χ4v) is 1.15. The molecule has 0 N–H and O–H groups in total. The average Bonchev–Trinajstić information content (AvgIpc) is 2.31. The molecular formula is C8H18N2O. The van der Waals surface area contributed by atoms with Gasteiger partial charge in [0, 0.05) is 13.1 Å². The van der Waals surface area contributed by atoms with Crippen molar-refractivity contribution in [2.45, 2.75) is 20.0 Å². The van der Waals surface area contributed by atoms with E-state index in [2.05, 4.69) is 30.7 Å². The van der Waals surface area contributed by atoms with Crippen LogP contribution in [0.3, 0.4) is 0 Å². The van der Waals surface area contributed by atoms with E-state index in [1.54, 1.807) is 0 Å². The van der Waals surface area contributed by atoms with E-state index >= 15 is 0 Å². The van der Waals surface area contributed by atoms with E-state index in [9.17, 15) is 0 Å². The van der Waals surface area contributed by atoms with Crippen molar-refractivity contribution in [1.82, 2.24) is 9.80 Å². The van der Waals surface area contributed by atoms with Gasteiger partial charge in [0.1, 0.15) is 6.73 Å². The summed E-state index contributed by atoms with van der Waals surface area (Å²) in [5.74, 6) is 0. The highest BCUT2D eigenvalue weighted by atomic mass is 16.5. The van der Waals surface area contributed by atoms with Gasteiger partial charge >= 0.3 is 0 Å². The first-order chi connectivity index (χ1) is 5.18. The van der Waals surface area contributed by atoms with Crippen LogP contribution >= 0.6 is 0 Å². The van der Waals surface area contributed by atoms with Gasteiger partial charge in [-0.1, -0.05) is 0 Å². The van der Waals surface area contributed by atoms with Gasteiger partial charge in [0.15, 0.2) is 0 Å². The lowest BCUT2D eigenvalue weighted by molar-refractivity contribution is -0.00152. The molecule has 0 unspecified atom stereocenters. The van der Waals surface area contributed by atoms with E-state index in [1.807, 2.05) is 0 Å². The van der Waals surface area contributed by atoms with Gasteiger partial charge in [-0.15, -0.1) is 0 Å². The molecule has 1 aliphatic heterocycles. The van der Waals surface area contributed by atoms with E-state index in [4.69, 9.17) is 4.74 Å². The molecule has 1 heterocycles. The van der Waals surface area contributed by atoms with E-state index in [0.29, 0.717) is 6.10 Å². The minimum atomic E-state index is 0.348. The maximum Gasteiger partial charge on any atom is 0.100 e. The van der Waals surface area contributed by atoms with Crippen molar-refractivity contribution in [2.75, 3.05) is 33.5 Å². The van der Waals surface area contributed by atoms with E-state index < -0.39 is 0 Å². The molecule has 3 heteroatoms. The number of likely N-dealkylation sites (N-methyl/N-ethyl adjacent to an activating group) is 1. The lowest BCUT2D eigenvalue weighted by Crippen LogP contribution is -2.27. The molecule has 0 aromatic carbocycles. The largest absolute Gasteiger partial charge is 0.363 e. The van der Waals surface area contributed by atoms with Crippen LogP contribution in [0.5, 0.6) is 0 Å². The zero-order valence-electron chi connectivity index (χ0n) is 7.71. The van der Waals surface area contributed by atoms with Crippen LogP contribution in [0.15, 0.2) is 0 Å². The van der Waals surface area contributed by atoms with Gasteiger partial charge in [0.25, 0.3) is 0 Å². The second-order valence-corrected chi connectivity index (χ2v) is 3.46. The average molecular weight is 158 g/mol. The first kappa shape index (κ1) is 8.97. The minimum Gasteiger partial charge on any atom is -0.363 e. The highest BCUT2D eigenvalue weighted by molar-refractivity contribution is 4.64. The maximum atomic E-state index is 5.47. The van der Waals surface area contributed by atoms with Crippen LogP contribution in [-0.2, 0) is 4.74 Å². The van der Waals surface area contributed by atoms with Crippen molar-refractivity contribution >= 4 is 0 Å². The number of ether oxygens (including phenoxy) is 1. The molecule has 1 rings (SSSR count). The van der Waals surface area contributed by atoms with Gasteiger partial charge in [-0.05, 0) is 20.9 Å². The van der Waals surface area contributed by atoms with Crippen molar-refractivity contribution in [2.24, 2.45) is 0 Å². The van der Waals surface area contributed by atoms with Crippen LogP contribution in [0.1, 0.15) is 13.8 Å². The van der Waals surface area contributed by atoms with Crippen LogP contribution in [0.25, 0.3) is 0 Å². The lowest BCUT2D eigenvalue weighted by Gasteiger charge is -2.16. The summed E-state index contributed by atoms with van der Waals surface area (Å²) in [6, 6.07) is 0.